The summed E-state index contributed by atoms with van der Waals surface area (Å²) >= 11 is 0. The largest absolute Gasteiger partial charge is 0.426 e. The molecular weight excluding hydrogens is 548 g/mol. The zero-order chi connectivity index (χ0) is 30.9. The summed E-state index contributed by atoms with van der Waals surface area (Å²) in [6.45, 7) is 11.9. The molecule has 8 nitrogen and oxygen atoms in total. The number of fused-ring (bicyclic) bond motifs is 1. The van der Waals surface area contributed by atoms with Crippen molar-refractivity contribution >= 4 is 34.6 Å². The van der Waals surface area contributed by atoms with Crippen LogP contribution >= 0.6 is 0 Å². The summed E-state index contributed by atoms with van der Waals surface area (Å²) in [5, 5.41) is 1.84. The number of benzene rings is 4. The van der Waals surface area contributed by atoms with Crippen molar-refractivity contribution in [3.8, 4) is 34.1 Å². The van der Waals surface area contributed by atoms with Gasteiger partial charge in [-0.3, -0.25) is 4.79 Å². The molecule has 216 valence electrons. The van der Waals surface area contributed by atoms with Crippen molar-refractivity contribution in [2.45, 2.75) is 19.8 Å². The van der Waals surface area contributed by atoms with Gasteiger partial charge in [0.1, 0.15) is 11.5 Å². The Morgan fingerprint density at radius 3 is 1.93 bits per heavy atom. The van der Waals surface area contributed by atoms with E-state index < -0.39 is 23.9 Å². The molecule has 0 heterocycles. The molecule has 43 heavy (non-hydrogen) atoms. The van der Waals surface area contributed by atoms with Gasteiger partial charge >= 0.3 is 23.9 Å². The van der Waals surface area contributed by atoms with E-state index >= 15 is 0 Å². The lowest BCUT2D eigenvalue weighted by atomic mass is 10.0. The summed E-state index contributed by atoms with van der Waals surface area (Å²) in [6.07, 6.45) is 2.31. The van der Waals surface area contributed by atoms with Gasteiger partial charge in [0.05, 0.1) is 0 Å². The molecule has 0 aromatic heterocycles. The highest BCUT2D eigenvalue weighted by molar-refractivity contribution is 5.90. The molecule has 0 amide bonds. The summed E-state index contributed by atoms with van der Waals surface area (Å²) in [6, 6.07) is 23.1. The average Bonchev–Trinajstić information content (AvgIpc) is 3.01. The van der Waals surface area contributed by atoms with Gasteiger partial charge in [0, 0.05) is 24.1 Å². The van der Waals surface area contributed by atoms with E-state index in [0.717, 1.165) is 34.1 Å². The molecule has 0 atom stereocenters. The molecule has 0 saturated carbocycles. The smallest absolute Gasteiger partial charge is 0.338 e. The molecular formula is C35H28O8. The highest BCUT2D eigenvalue weighted by Crippen LogP contribution is 2.31. The SMILES string of the molecule is C=CC(=O)Oc1ccc(CCC(=O)Oc2ccc3cc(-c4ccc(OC(=O)C(=C)C)cc4)ccc3c2)cc1OC(=O)C=C. The second-order valence-electron chi connectivity index (χ2n) is 9.42. The molecule has 0 fully saturated rings. The predicted molar refractivity (Wildman–Crippen MR) is 162 cm³/mol. The first kappa shape index (κ1) is 30.2. The van der Waals surface area contributed by atoms with Gasteiger partial charge in [0.25, 0.3) is 0 Å². The molecule has 8 heteroatoms. The lowest BCUT2D eigenvalue weighted by molar-refractivity contribution is -0.134. The van der Waals surface area contributed by atoms with Gasteiger partial charge in [-0.1, -0.05) is 56.1 Å². The van der Waals surface area contributed by atoms with Gasteiger partial charge in [0.15, 0.2) is 11.5 Å². The maximum Gasteiger partial charge on any atom is 0.338 e. The first-order valence-electron chi connectivity index (χ1n) is 13.2. The van der Waals surface area contributed by atoms with Crippen molar-refractivity contribution in [1.82, 2.24) is 0 Å². The van der Waals surface area contributed by atoms with Crippen LogP contribution in [0.4, 0.5) is 0 Å². The minimum Gasteiger partial charge on any atom is -0.426 e. The van der Waals surface area contributed by atoms with Gasteiger partial charge in [-0.15, -0.1) is 0 Å². The van der Waals surface area contributed by atoms with E-state index in [1.165, 1.54) is 12.1 Å². The summed E-state index contributed by atoms with van der Waals surface area (Å²) in [7, 11) is 0. The van der Waals surface area contributed by atoms with Crippen LogP contribution in [0.3, 0.4) is 0 Å². The van der Waals surface area contributed by atoms with E-state index in [1.807, 2.05) is 36.4 Å². The van der Waals surface area contributed by atoms with Crippen molar-refractivity contribution < 1.29 is 38.1 Å². The number of hydrogen-bond donors (Lipinski definition) is 0. The fourth-order valence-corrected chi connectivity index (χ4v) is 3.98. The number of esters is 4. The van der Waals surface area contributed by atoms with Crippen LogP contribution in [0, 0.1) is 0 Å². The maximum atomic E-state index is 12.6. The lowest BCUT2D eigenvalue weighted by Gasteiger charge is -2.11. The van der Waals surface area contributed by atoms with Crippen molar-refractivity contribution in [2.24, 2.45) is 0 Å². The second-order valence-corrected chi connectivity index (χ2v) is 9.42. The van der Waals surface area contributed by atoms with E-state index in [-0.39, 0.29) is 24.3 Å². The molecule has 0 unspecified atom stereocenters. The van der Waals surface area contributed by atoms with Crippen molar-refractivity contribution in [2.75, 3.05) is 0 Å². The summed E-state index contributed by atoms with van der Waals surface area (Å²) < 4.78 is 21.1. The van der Waals surface area contributed by atoms with E-state index in [0.29, 0.717) is 22.6 Å². The molecule has 0 bridgehead atoms. The van der Waals surface area contributed by atoms with Crippen LogP contribution in [-0.4, -0.2) is 23.9 Å². The van der Waals surface area contributed by atoms with Gasteiger partial charge in [-0.05, 0) is 83.3 Å². The van der Waals surface area contributed by atoms with Crippen LogP contribution in [0.25, 0.3) is 21.9 Å². The van der Waals surface area contributed by atoms with Crippen LogP contribution in [0.2, 0.25) is 0 Å². The van der Waals surface area contributed by atoms with E-state index in [4.69, 9.17) is 18.9 Å². The van der Waals surface area contributed by atoms with Crippen LogP contribution < -0.4 is 18.9 Å². The topological polar surface area (TPSA) is 105 Å². The molecule has 0 radical (unpaired) electrons. The molecule has 4 rings (SSSR count). The number of aryl methyl sites for hydroxylation is 1. The first-order chi connectivity index (χ1) is 20.6. The Morgan fingerprint density at radius 1 is 0.651 bits per heavy atom. The second kappa shape index (κ2) is 13.7. The fraction of sp³-hybridized carbons (Fsp3) is 0.0857. The zero-order valence-corrected chi connectivity index (χ0v) is 23.5. The standard InChI is InChI=1S/C35H28O8/c1-5-32(36)42-30-17-7-23(19-31(30)43-33(37)6-2)8-18-34(38)40-29-16-13-26-20-25(9-10-27(26)21-29)24-11-14-28(15-12-24)41-35(39)22(3)4/h5-7,9-17,19-21H,1-3,8,18H2,4H3. The van der Waals surface area contributed by atoms with Gasteiger partial charge in [-0.25, -0.2) is 14.4 Å². The predicted octanol–water partition coefficient (Wildman–Crippen LogP) is 6.71. The highest BCUT2D eigenvalue weighted by Gasteiger charge is 2.14. The Bertz CT molecular complexity index is 1750. The summed E-state index contributed by atoms with van der Waals surface area (Å²) in [5.41, 5.74) is 2.90. The van der Waals surface area contributed by atoms with Gasteiger partial charge in [0.2, 0.25) is 0 Å². The zero-order valence-electron chi connectivity index (χ0n) is 23.5. The maximum absolute atomic E-state index is 12.6. The first-order valence-corrected chi connectivity index (χ1v) is 13.2. The highest BCUT2D eigenvalue weighted by atomic mass is 16.6. The number of carbonyl (C=O) groups excluding carboxylic acids is 4. The van der Waals surface area contributed by atoms with Crippen molar-refractivity contribution in [3.05, 3.63) is 122 Å². The monoisotopic (exact) mass is 576 g/mol. The third-order valence-corrected chi connectivity index (χ3v) is 6.17. The fourth-order valence-electron chi connectivity index (χ4n) is 3.98. The van der Waals surface area contributed by atoms with Crippen molar-refractivity contribution in [1.29, 1.82) is 0 Å². The Balaban J connectivity index is 1.40. The minimum atomic E-state index is -0.726. The van der Waals surface area contributed by atoms with E-state index in [9.17, 15) is 19.2 Å². The molecule has 0 spiro atoms. The molecule has 0 aliphatic carbocycles. The lowest BCUT2D eigenvalue weighted by Crippen LogP contribution is -2.10. The number of carbonyl (C=O) groups is 4. The van der Waals surface area contributed by atoms with E-state index in [1.54, 1.807) is 37.3 Å². The number of hydrogen-bond acceptors (Lipinski definition) is 8. The summed E-state index contributed by atoms with van der Waals surface area (Å²) in [5.74, 6) is -1.47. The van der Waals surface area contributed by atoms with Crippen LogP contribution in [0.1, 0.15) is 18.9 Å². The Labute approximate surface area is 248 Å². The Hall–Kier alpha value is -5.76. The van der Waals surface area contributed by atoms with Crippen LogP contribution in [0.15, 0.2) is 116 Å². The van der Waals surface area contributed by atoms with Crippen molar-refractivity contribution in [3.63, 3.8) is 0 Å². The minimum absolute atomic E-state index is 0.0158. The molecule has 0 aliphatic heterocycles. The molecule has 0 N–H and O–H groups in total. The normalized spacial score (nSPS) is 10.3. The summed E-state index contributed by atoms with van der Waals surface area (Å²) in [4.78, 5) is 47.7. The Morgan fingerprint density at radius 2 is 1.26 bits per heavy atom. The van der Waals surface area contributed by atoms with E-state index in [2.05, 4.69) is 19.7 Å². The number of ether oxygens (including phenoxy) is 4. The molecule has 4 aromatic carbocycles. The Kier molecular flexibility index (Phi) is 9.65. The van der Waals surface area contributed by atoms with Gasteiger partial charge < -0.3 is 18.9 Å². The van der Waals surface area contributed by atoms with Crippen LogP contribution in [-0.2, 0) is 25.6 Å². The van der Waals surface area contributed by atoms with Crippen LogP contribution in [0.5, 0.6) is 23.0 Å². The molecule has 0 aliphatic rings. The quantitative estimate of drug-likeness (QED) is 0.110. The number of rotatable bonds is 11. The third-order valence-electron chi connectivity index (χ3n) is 6.17. The third kappa shape index (κ3) is 8.14. The molecule has 4 aromatic rings. The van der Waals surface area contributed by atoms with Gasteiger partial charge in [-0.2, -0.15) is 0 Å². The molecule has 0 saturated heterocycles. The average molecular weight is 577 g/mol.